The number of carbonyl (C=O) groups is 4. The van der Waals surface area contributed by atoms with Crippen LogP contribution >= 0.6 is 23.1 Å². The van der Waals surface area contributed by atoms with Crippen LogP contribution in [-0.2, 0) is 25.3 Å². The molecule has 3 heterocycles. The molecule has 6 rings (SSSR count). The number of thiazole rings is 1. The van der Waals surface area contributed by atoms with Crippen molar-refractivity contribution in [2.45, 2.75) is 29.3 Å². The van der Waals surface area contributed by atoms with Gasteiger partial charge in [-0.25, -0.2) is 9.69 Å². The molecule has 0 saturated carbocycles. The highest BCUT2D eigenvalue weighted by atomic mass is 32.2. The van der Waals surface area contributed by atoms with Crippen LogP contribution in [0.15, 0.2) is 76.6 Å². The molecule has 3 aromatic carbocycles. The second-order valence-corrected chi connectivity index (χ2v) is 13.0. The minimum atomic E-state index is -4.58. The van der Waals surface area contributed by atoms with Gasteiger partial charge < -0.3 is 24.5 Å². The summed E-state index contributed by atoms with van der Waals surface area (Å²) in [4.78, 5) is 69.0. The van der Waals surface area contributed by atoms with Gasteiger partial charge in [-0.15, -0.1) is 0 Å². The van der Waals surface area contributed by atoms with Crippen molar-refractivity contribution in [3.63, 3.8) is 0 Å². The van der Waals surface area contributed by atoms with E-state index in [4.69, 9.17) is 14.2 Å². The standard InChI is InChI=1S/C33H26F3N3O8S2/c1-3-46-31(43)16-7-10-20(11-8-16)39-29(41)25-24(26-28(38-32(44)49-26)48-27(25)30(39)42)17-9-12-21(22(13-17)45-2)47-15-23(40)37-19-6-4-5-18(14-19)33(34,35)36/h4-14,24-25,27H,3,15H2,1-2H3,(H,37,40)(H,38,44)/t24-,25?,27?/m1/s1. The maximum absolute atomic E-state index is 14.1. The van der Waals surface area contributed by atoms with E-state index < -0.39 is 59.1 Å². The minimum absolute atomic E-state index is 0.0588. The molecular weight excluding hydrogens is 688 g/mol. The number of benzene rings is 3. The van der Waals surface area contributed by atoms with E-state index in [1.54, 1.807) is 19.1 Å². The lowest BCUT2D eigenvalue weighted by Crippen LogP contribution is -2.32. The molecular formula is C33H26F3N3O8S2. The molecule has 0 radical (unpaired) electrons. The maximum atomic E-state index is 14.1. The number of alkyl halides is 3. The highest BCUT2D eigenvalue weighted by Gasteiger charge is 2.56. The van der Waals surface area contributed by atoms with E-state index >= 15 is 0 Å². The molecule has 0 spiro atoms. The normalized spacial score (nSPS) is 18.5. The number of halogens is 3. The first-order valence-corrected chi connectivity index (χ1v) is 16.4. The Kier molecular flexibility index (Phi) is 9.26. The van der Waals surface area contributed by atoms with Crippen LogP contribution < -0.4 is 24.6 Å². The number of nitrogens with one attached hydrogen (secondary N) is 2. The second-order valence-electron chi connectivity index (χ2n) is 10.9. The molecule has 0 aliphatic carbocycles. The number of rotatable bonds is 9. The van der Waals surface area contributed by atoms with Crippen molar-refractivity contribution in [2.24, 2.45) is 5.92 Å². The first-order valence-electron chi connectivity index (χ1n) is 14.7. The van der Waals surface area contributed by atoms with Crippen LogP contribution in [0.1, 0.15) is 39.2 Å². The average Bonchev–Trinajstić information content (AvgIpc) is 3.57. The SMILES string of the molecule is CCOC(=O)c1ccc(N2C(=O)C3Sc4[nH]c(=O)sc4[C@H](c4ccc(OCC(=O)Nc5cccc(C(F)(F)F)c5)c(OC)c4)C3C2=O)cc1. The molecule has 16 heteroatoms. The summed E-state index contributed by atoms with van der Waals surface area (Å²) in [6.07, 6.45) is -4.58. The summed E-state index contributed by atoms with van der Waals surface area (Å²) in [6.45, 7) is 1.31. The van der Waals surface area contributed by atoms with Crippen molar-refractivity contribution in [3.8, 4) is 11.5 Å². The fourth-order valence-corrected chi connectivity index (χ4v) is 8.22. The predicted octanol–water partition coefficient (Wildman–Crippen LogP) is 5.45. The number of ether oxygens (including phenoxy) is 3. The highest BCUT2D eigenvalue weighted by molar-refractivity contribution is 8.00. The number of H-pyrrole nitrogens is 1. The summed E-state index contributed by atoms with van der Waals surface area (Å²) in [5, 5.41) is 1.96. The summed E-state index contributed by atoms with van der Waals surface area (Å²) in [5.41, 5.74) is 0.0940. The average molecular weight is 714 g/mol. The molecule has 1 fully saturated rings. The monoisotopic (exact) mass is 713 g/mol. The Balaban J connectivity index is 1.25. The number of aromatic amines is 1. The van der Waals surface area contributed by atoms with E-state index in [-0.39, 0.29) is 39.9 Å². The van der Waals surface area contributed by atoms with Gasteiger partial charge in [-0.1, -0.05) is 35.2 Å². The number of amides is 3. The Morgan fingerprint density at radius 3 is 2.43 bits per heavy atom. The van der Waals surface area contributed by atoms with Gasteiger partial charge in [0.05, 0.1) is 41.5 Å². The molecule has 3 atom stereocenters. The number of carbonyl (C=O) groups excluding carboxylic acids is 4. The first kappa shape index (κ1) is 33.8. The number of methoxy groups -OCH3 is 1. The quantitative estimate of drug-likeness (QED) is 0.171. The Bertz CT molecular complexity index is 2010. The Labute approximate surface area is 284 Å². The largest absolute Gasteiger partial charge is 0.493 e. The molecule has 2 unspecified atom stereocenters. The molecule has 254 valence electrons. The lowest BCUT2D eigenvalue weighted by atomic mass is 9.83. The summed E-state index contributed by atoms with van der Waals surface area (Å²) in [5.74, 6) is -3.57. The molecule has 2 aliphatic rings. The van der Waals surface area contributed by atoms with Gasteiger partial charge in [-0.2, -0.15) is 13.2 Å². The molecule has 11 nitrogen and oxygen atoms in total. The van der Waals surface area contributed by atoms with Crippen molar-refractivity contribution in [1.82, 2.24) is 4.98 Å². The van der Waals surface area contributed by atoms with Crippen molar-refractivity contribution in [2.75, 3.05) is 30.5 Å². The van der Waals surface area contributed by atoms with Gasteiger partial charge in [-0.05, 0) is 67.1 Å². The molecule has 1 aromatic heterocycles. The number of anilines is 2. The number of imide groups is 1. The van der Waals surface area contributed by atoms with Crippen molar-refractivity contribution < 1.29 is 46.6 Å². The molecule has 2 aliphatic heterocycles. The summed E-state index contributed by atoms with van der Waals surface area (Å²) in [6, 6.07) is 14.8. The van der Waals surface area contributed by atoms with Crippen LogP contribution in [0.3, 0.4) is 0 Å². The van der Waals surface area contributed by atoms with E-state index in [1.165, 1.54) is 49.6 Å². The van der Waals surface area contributed by atoms with E-state index in [2.05, 4.69) is 10.3 Å². The summed E-state index contributed by atoms with van der Waals surface area (Å²) < 4.78 is 55.3. The highest BCUT2D eigenvalue weighted by Crippen LogP contribution is 2.53. The lowest BCUT2D eigenvalue weighted by molar-refractivity contribution is -0.137. The van der Waals surface area contributed by atoms with E-state index in [1.807, 2.05) is 0 Å². The third-order valence-corrected chi connectivity index (χ3v) is 10.2. The zero-order valence-corrected chi connectivity index (χ0v) is 27.3. The van der Waals surface area contributed by atoms with Gasteiger partial charge in [0.1, 0.15) is 5.25 Å². The number of aromatic nitrogens is 1. The molecule has 2 N–H and O–H groups in total. The maximum Gasteiger partial charge on any atom is 0.416 e. The van der Waals surface area contributed by atoms with Crippen LogP contribution in [0, 0.1) is 5.92 Å². The Morgan fingerprint density at radius 2 is 1.73 bits per heavy atom. The van der Waals surface area contributed by atoms with E-state index in [0.717, 1.165) is 40.1 Å². The van der Waals surface area contributed by atoms with Crippen molar-refractivity contribution in [1.29, 1.82) is 0 Å². The molecule has 3 amide bonds. The molecule has 49 heavy (non-hydrogen) atoms. The smallest absolute Gasteiger partial charge is 0.416 e. The van der Waals surface area contributed by atoms with Crippen LogP contribution in [-0.4, -0.2) is 54.2 Å². The van der Waals surface area contributed by atoms with Crippen LogP contribution in [0.4, 0.5) is 24.5 Å². The van der Waals surface area contributed by atoms with E-state index in [9.17, 15) is 37.1 Å². The van der Waals surface area contributed by atoms with Gasteiger partial charge in [-0.3, -0.25) is 19.2 Å². The minimum Gasteiger partial charge on any atom is -0.493 e. The van der Waals surface area contributed by atoms with Gasteiger partial charge >= 0.3 is 17.0 Å². The fourth-order valence-electron chi connectivity index (χ4n) is 5.70. The number of hydrogen-bond donors (Lipinski definition) is 2. The predicted molar refractivity (Wildman–Crippen MR) is 173 cm³/mol. The van der Waals surface area contributed by atoms with Crippen LogP contribution in [0.25, 0.3) is 0 Å². The molecule has 0 bridgehead atoms. The van der Waals surface area contributed by atoms with Gasteiger partial charge in [0.2, 0.25) is 11.8 Å². The number of hydrogen-bond acceptors (Lipinski definition) is 10. The number of thioether (sulfide) groups is 1. The zero-order chi connectivity index (χ0) is 35.0. The van der Waals surface area contributed by atoms with Crippen molar-refractivity contribution >= 4 is 58.2 Å². The molecule has 4 aromatic rings. The number of nitrogens with zero attached hydrogens (tertiary/aromatic N) is 1. The Hall–Kier alpha value is -5.09. The Morgan fingerprint density at radius 1 is 0.980 bits per heavy atom. The lowest BCUT2D eigenvalue weighted by Gasteiger charge is -2.30. The zero-order valence-electron chi connectivity index (χ0n) is 25.7. The molecule has 1 saturated heterocycles. The van der Waals surface area contributed by atoms with E-state index in [0.29, 0.717) is 15.5 Å². The first-order chi connectivity index (χ1) is 23.4. The number of esters is 1. The van der Waals surface area contributed by atoms with Gasteiger partial charge in [0.25, 0.3) is 5.91 Å². The van der Waals surface area contributed by atoms with Gasteiger partial charge in [0.15, 0.2) is 18.1 Å². The third-order valence-electron chi connectivity index (χ3n) is 7.84. The van der Waals surface area contributed by atoms with Crippen molar-refractivity contribution in [3.05, 3.63) is 98.0 Å². The second kappa shape index (κ2) is 13.4. The third kappa shape index (κ3) is 6.65. The summed E-state index contributed by atoms with van der Waals surface area (Å²) >= 11 is 2.03. The topological polar surface area (TPSA) is 144 Å². The number of fused-ring (bicyclic) bond motifs is 2. The van der Waals surface area contributed by atoms with Crippen LogP contribution in [0.2, 0.25) is 0 Å². The van der Waals surface area contributed by atoms with Crippen LogP contribution in [0.5, 0.6) is 11.5 Å². The van der Waals surface area contributed by atoms with Gasteiger partial charge in [0, 0.05) is 16.5 Å². The summed E-state index contributed by atoms with van der Waals surface area (Å²) in [7, 11) is 1.36. The fraction of sp³-hybridized carbons (Fsp3) is 0.242.